The number of hydrogen-bond donors (Lipinski definition) is 2. The number of halogens is 1. The van der Waals surface area contributed by atoms with Crippen LogP contribution in [0, 0.1) is 11.2 Å². The maximum atomic E-state index is 13.8. The quantitative estimate of drug-likeness (QED) is 0.665. The van der Waals surface area contributed by atoms with Gasteiger partial charge in [-0.2, -0.15) is 4.98 Å². The summed E-state index contributed by atoms with van der Waals surface area (Å²) in [7, 11) is 0. The van der Waals surface area contributed by atoms with Crippen LogP contribution < -0.4 is 10.3 Å². The fourth-order valence-electron chi connectivity index (χ4n) is 2.37. The molecule has 0 saturated carbocycles. The molecule has 7 nitrogen and oxygen atoms in total. The first kappa shape index (κ1) is 17.4. The number of benzene rings is 1. The lowest BCUT2D eigenvalue weighted by Gasteiger charge is -2.12. The molecule has 2 atom stereocenters. The molecule has 0 radical (unpaired) electrons. The van der Waals surface area contributed by atoms with Crippen molar-refractivity contribution in [2.45, 2.75) is 19.1 Å². The largest absolute Gasteiger partial charge is 0.450 e. The van der Waals surface area contributed by atoms with Crippen LogP contribution in [0.25, 0.3) is 10.9 Å². The maximum absolute atomic E-state index is 13.8. The molecule has 8 heteroatoms. The van der Waals surface area contributed by atoms with Crippen molar-refractivity contribution in [1.82, 2.24) is 15.0 Å². The van der Waals surface area contributed by atoms with Crippen LogP contribution >= 0.6 is 0 Å². The van der Waals surface area contributed by atoms with Crippen molar-refractivity contribution in [2.75, 3.05) is 0 Å². The summed E-state index contributed by atoms with van der Waals surface area (Å²) >= 11 is 0. The number of hydrogen-bond acceptors (Lipinski definition) is 6. The zero-order valence-electron chi connectivity index (χ0n) is 13.9. The molecule has 0 aliphatic heterocycles. The third-order valence-electron chi connectivity index (χ3n) is 3.71. The van der Waals surface area contributed by atoms with E-state index in [-0.39, 0.29) is 17.4 Å². The van der Waals surface area contributed by atoms with Gasteiger partial charge in [-0.05, 0) is 19.1 Å². The summed E-state index contributed by atoms with van der Waals surface area (Å²) in [6.45, 7) is 1.73. The van der Waals surface area contributed by atoms with Gasteiger partial charge in [-0.25, -0.2) is 4.39 Å². The van der Waals surface area contributed by atoms with Crippen LogP contribution in [0.5, 0.6) is 6.01 Å². The number of aliphatic imine (C=N–C) groups is 1. The average Bonchev–Trinajstić information content (AvgIpc) is 2.65. The normalized spacial score (nSPS) is 13.6. The summed E-state index contributed by atoms with van der Waals surface area (Å²) in [5.74, 6) is -0.350. The minimum atomic E-state index is -0.860. The van der Waals surface area contributed by atoms with Crippen LogP contribution in [-0.4, -0.2) is 33.5 Å². The molecule has 0 spiro atoms. The van der Waals surface area contributed by atoms with Gasteiger partial charge in [0, 0.05) is 24.2 Å². The monoisotopic (exact) mass is 353 g/mol. The summed E-state index contributed by atoms with van der Waals surface area (Å²) < 4.78 is 19.3. The minimum absolute atomic E-state index is 0.0472. The van der Waals surface area contributed by atoms with Gasteiger partial charge in [-0.3, -0.25) is 19.8 Å². The number of aromatic nitrogens is 3. The third-order valence-corrected chi connectivity index (χ3v) is 3.71. The van der Waals surface area contributed by atoms with Gasteiger partial charge in [0.05, 0.1) is 23.1 Å². The lowest BCUT2D eigenvalue weighted by Crippen LogP contribution is -2.23. The molecule has 0 saturated heterocycles. The molecule has 2 N–H and O–H groups in total. The van der Waals surface area contributed by atoms with Gasteiger partial charge < -0.3 is 10.1 Å². The van der Waals surface area contributed by atoms with Crippen LogP contribution in [0.1, 0.15) is 18.5 Å². The van der Waals surface area contributed by atoms with Crippen LogP contribution in [0.3, 0.4) is 0 Å². The first-order valence-electron chi connectivity index (χ1n) is 7.87. The summed E-state index contributed by atoms with van der Waals surface area (Å²) in [6.07, 6.45) is 4.46. The Morgan fingerprint density at radius 1 is 1.35 bits per heavy atom. The number of ether oxygens (including phenoxy) is 1. The number of H-pyrrole nitrogens is 1. The molecule has 132 valence electrons. The standard InChI is InChI=1S/C18H16FN5O2/c1-11(13-4-2-3-5-15(13)19)22-9-12(8-20)26-18-23-16-10-21-7-6-14(16)17(25)24-18/h2-12,20H,1H3,(H,23,24,25). The van der Waals surface area contributed by atoms with Crippen molar-refractivity contribution in [3.63, 3.8) is 0 Å². The molecule has 3 aromatic rings. The van der Waals surface area contributed by atoms with Crippen molar-refractivity contribution in [1.29, 1.82) is 5.41 Å². The molecule has 26 heavy (non-hydrogen) atoms. The zero-order valence-corrected chi connectivity index (χ0v) is 13.9. The molecule has 2 unspecified atom stereocenters. The van der Waals surface area contributed by atoms with Gasteiger partial charge in [0.2, 0.25) is 0 Å². The van der Waals surface area contributed by atoms with E-state index in [2.05, 4.69) is 19.9 Å². The second kappa shape index (κ2) is 7.64. The van der Waals surface area contributed by atoms with E-state index in [1.54, 1.807) is 31.2 Å². The molecule has 2 aromatic heterocycles. The highest BCUT2D eigenvalue weighted by atomic mass is 19.1. The molecular formula is C18H16FN5O2. The fraction of sp³-hybridized carbons (Fsp3) is 0.167. The van der Waals surface area contributed by atoms with Crippen LogP contribution in [-0.2, 0) is 0 Å². The van der Waals surface area contributed by atoms with Crippen molar-refractivity contribution in [3.8, 4) is 6.01 Å². The molecular weight excluding hydrogens is 337 g/mol. The van der Waals surface area contributed by atoms with E-state index >= 15 is 0 Å². The second-order valence-electron chi connectivity index (χ2n) is 5.51. The lowest BCUT2D eigenvalue weighted by atomic mass is 10.1. The first-order valence-corrected chi connectivity index (χ1v) is 7.87. The first-order chi connectivity index (χ1) is 12.6. The van der Waals surface area contributed by atoms with Crippen molar-refractivity contribution < 1.29 is 9.13 Å². The van der Waals surface area contributed by atoms with Crippen molar-refractivity contribution in [3.05, 3.63) is 64.5 Å². The molecule has 0 aliphatic rings. The third kappa shape index (κ3) is 3.80. The van der Waals surface area contributed by atoms with Crippen LogP contribution in [0.15, 0.2) is 52.5 Å². The summed E-state index contributed by atoms with van der Waals surface area (Å²) in [4.78, 5) is 26.8. The van der Waals surface area contributed by atoms with Crippen molar-refractivity contribution in [2.24, 2.45) is 4.99 Å². The highest BCUT2D eigenvalue weighted by Gasteiger charge is 2.12. The van der Waals surface area contributed by atoms with Gasteiger partial charge >= 0.3 is 0 Å². The highest BCUT2D eigenvalue weighted by Crippen LogP contribution is 2.19. The van der Waals surface area contributed by atoms with Crippen LogP contribution in [0.4, 0.5) is 4.39 Å². The number of pyridine rings is 1. The number of aromatic amines is 1. The van der Waals surface area contributed by atoms with E-state index < -0.39 is 12.1 Å². The summed E-state index contributed by atoms with van der Waals surface area (Å²) in [6, 6.07) is 7.40. The van der Waals surface area contributed by atoms with Gasteiger partial charge in [0.25, 0.3) is 11.6 Å². The predicted octanol–water partition coefficient (Wildman–Crippen LogP) is 2.69. The van der Waals surface area contributed by atoms with Crippen LogP contribution in [0.2, 0.25) is 0 Å². The molecule has 3 rings (SSSR count). The molecule has 2 heterocycles. The van der Waals surface area contributed by atoms with Crippen molar-refractivity contribution >= 4 is 23.3 Å². The van der Waals surface area contributed by atoms with E-state index in [1.165, 1.54) is 24.7 Å². The number of nitrogens with one attached hydrogen (secondary N) is 2. The maximum Gasteiger partial charge on any atom is 0.298 e. The summed E-state index contributed by atoms with van der Waals surface area (Å²) in [5.41, 5.74) is 0.454. The van der Waals surface area contributed by atoms with E-state index in [9.17, 15) is 9.18 Å². The second-order valence-corrected chi connectivity index (χ2v) is 5.51. The van der Waals surface area contributed by atoms with E-state index in [1.807, 2.05) is 0 Å². The fourth-order valence-corrected chi connectivity index (χ4v) is 2.37. The molecule has 1 aromatic carbocycles. The Morgan fingerprint density at radius 3 is 2.92 bits per heavy atom. The minimum Gasteiger partial charge on any atom is -0.450 e. The van der Waals surface area contributed by atoms with Gasteiger partial charge in [0.15, 0.2) is 6.10 Å². The topological polar surface area (TPSA) is 104 Å². The van der Waals surface area contributed by atoms with Gasteiger partial charge in [-0.1, -0.05) is 18.2 Å². The number of fused-ring (bicyclic) bond motifs is 1. The zero-order chi connectivity index (χ0) is 18.5. The molecule has 0 amide bonds. The SMILES string of the molecule is CC(N=CC(C=N)Oc1nc2cnccc2c(=O)[nH]1)c1ccccc1F. The summed E-state index contributed by atoms with van der Waals surface area (Å²) in [5, 5.41) is 7.86. The van der Waals surface area contributed by atoms with E-state index in [4.69, 9.17) is 10.1 Å². The Bertz CT molecular complexity index is 1020. The Labute approximate surface area is 148 Å². The highest BCUT2D eigenvalue weighted by molar-refractivity contribution is 5.85. The van der Waals surface area contributed by atoms with E-state index in [0.717, 1.165) is 6.21 Å². The molecule has 0 bridgehead atoms. The lowest BCUT2D eigenvalue weighted by molar-refractivity contribution is 0.308. The molecule has 0 aliphatic carbocycles. The Kier molecular flexibility index (Phi) is 5.12. The Balaban J connectivity index is 1.79. The van der Waals surface area contributed by atoms with Gasteiger partial charge in [0.1, 0.15) is 5.82 Å². The van der Waals surface area contributed by atoms with E-state index in [0.29, 0.717) is 16.5 Å². The Morgan fingerprint density at radius 2 is 2.15 bits per heavy atom. The average molecular weight is 353 g/mol. The number of nitrogens with zero attached hydrogens (tertiary/aromatic N) is 3. The van der Waals surface area contributed by atoms with Gasteiger partial charge in [-0.15, -0.1) is 0 Å². The number of rotatable bonds is 6. The Hall–Kier alpha value is -3.42. The smallest absolute Gasteiger partial charge is 0.298 e. The molecule has 0 fully saturated rings. The predicted molar refractivity (Wildman–Crippen MR) is 96.7 cm³/mol.